The summed E-state index contributed by atoms with van der Waals surface area (Å²) in [5, 5.41) is 13.7. The molecule has 0 radical (unpaired) electrons. The number of halogens is 1. The van der Waals surface area contributed by atoms with Crippen LogP contribution in [0.3, 0.4) is 0 Å². The van der Waals surface area contributed by atoms with Crippen LogP contribution in [-0.2, 0) is 4.79 Å². The molecule has 2 N–H and O–H groups in total. The van der Waals surface area contributed by atoms with Crippen LogP contribution in [-0.4, -0.2) is 35.6 Å². The van der Waals surface area contributed by atoms with Gasteiger partial charge in [-0.3, -0.25) is 4.79 Å². The lowest BCUT2D eigenvalue weighted by molar-refractivity contribution is -0.141. The Morgan fingerprint density at radius 1 is 1.23 bits per heavy atom. The average molecular weight is 365 g/mol. The lowest BCUT2D eigenvalue weighted by atomic mass is 10.1. The second kappa shape index (κ2) is 6.79. The fourth-order valence-electron chi connectivity index (χ4n) is 2.15. The van der Waals surface area contributed by atoms with Crippen molar-refractivity contribution in [1.29, 1.82) is 0 Å². The second-order valence-corrected chi connectivity index (χ2v) is 6.04. The van der Waals surface area contributed by atoms with E-state index in [2.05, 4.69) is 21.2 Å². The van der Waals surface area contributed by atoms with E-state index in [9.17, 15) is 9.59 Å². The third-order valence-electron chi connectivity index (χ3n) is 3.43. The van der Waals surface area contributed by atoms with Gasteiger partial charge in [-0.15, -0.1) is 0 Å². The zero-order valence-corrected chi connectivity index (χ0v) is 13.9. The van der Waals surface area contributed by atoms with E-state index in [0.717, 1.165) is 15.2 Å². The number of urea groups is 1. The van der Waals surface area contributed by atoms with Gasteiger partial charge in [0.1, 0.15) is 0 Å². The summed E-state index contributed by atoms with van der Waals surface area (Å²) in [5.74, 6) is -1.54. The first-order chi connectivity index (χ1) is 10.4. The molecule has 22 heavy (non-hydrogen) atoms. The topological polar surface area (TPSA) is 69.6 Å². The molecule has 5 nitrogen and oxygen atoms in total. The molecule has 0 bridgehead atoms. The van der Waals surface area contributed by atoms with Gasteiger partial charge in [0.2, 0.25) is 0 Å². The molecule has 0 heterocycles. The van der Waals surface area contributed by atoms with Gasteiger partial charge in [-0.2, -0.15) is 0 Å². The molecule has 6 heteroatoms. The Morgan fingerprint density at radius 3 is 2.50 bits per heavy atom. The summed E-state index contributed by atoms with van der Waals surface area (Å²) in [6.07, 6.45) is 0. The average Bonchev–Trinajstić information content (AvgIpc) is 2.50. The first kappa shape index (κ1) is 16.3. The zero-order valence-electron chi connectivity index (χ0n) is 12.3. The third-order valence-corrected chi connectivity index (χ3v) is 4.12. The predicted molar refractivity (Wildman–Crippen MR) is 90.1 cm³/mol. The molecule has 1 unspecified atom stereocenters. The minimum atomic E-state index is -0.922. The summed E-state index contributed by atoms with van der Waals surface area (Å²) < 4.78 is 0.953. The van der Waals surface area contributed by atoms with Gasteiger partial charge < -0.3 is 15.3 Å². The molecule has 0 aliphatic heterocycles. The molecule has 0 aromatic heterocycles. The Kier molecular flexibility index (Phi) is 5.03. The minimum absolute atomic E-state index is 0.148. The van der Waals surface area contributed by atoms with Crippen LogP contribution in [0.25, 0.3) is 10.8 Å². The first-order valence-corrected chi connectivity index (χ1v) is 7.61. The molecule has 0 fully saturated rings. The fourth-order valence-corrected chi connectivity index (χ4v) is 2.63. The molecule has 0 spiro atoms. The van der Waals surface area contributed by atoms with Crippen molar-refractivity contribution in [2.75, 3.05) is 18.9 Å². The van der Waals surface area contributed by atoms with E-state index in [1.165, 1.54) is 4.90 Å². The number of hydrogen-bond acceptors (Lipinski definition) is 2. The molecule has 2 rings (SSSR count). The number of carbonyl (C=O) groups excluding carboxylic acids is 1. The van der Waals surface area contributed by atoms with E-state index >= 15 is 0 Å². The smallest absolute Gasteiger partial charge is 0.321 e. The highest BCUT2D eigenvalue weighted by Crippen LogP contribution is 2.30. The number of hydrogen-bond donors (Lipinski definition) is 2. The quantitative estimate of drug-likeness (QED) is 0.866. The van der Waals surface area contributed by atoms with Crippen LogP contribution in [0, 0.1) is 5.92 Å². The van der Waals surface area contributed by atoms with E-state index in [1.54, 1.807) is 14.0 Å². The number of carboxylic acids is 1. The maximum Gasteiger partial charge on any atom is 0.321 e. The Morgan fingerprint density at radius 2 is 1.86 bits per heavy atom. The third kappa shape index (κ3) is 3.57. The van der Waals surface area contributed by atoms with Crippen molar-refractivity contribution in [3.05, 3.63) is 40.9 Å². The molecule has 2 aromatic carbocycles. The molecule has 2 amide bonds. The van der Waals surface area contributed by atoms with Gasteiger partial charge in [-0.1, -0.05) is 47.1 Å². The van der Waals surface area contributed by atoms with Gasteiger partial charge in [0.15, 0.2) is 0 Å². The van der Waals surface area contributed by atoms with Gasteiger partial charge >= 0.3 is 12.0 Å². The van der Waals surface area contributed by atoms with Crippen LogP contribution >= 0.6 is 15.9 Å². The summed E-state index contributed by atoms with van der Waals surface area (Å²) in [6, 6.07) is 11.1. The Hall–Kier alpha value is -2.08. The van der Waals surface area contributed by atoms with Gasteiger partial charge in [-0.25, -0.2) is 4.79 Å². The minimum Gasteiger partial charge on any atom is -0.481 e. The molecule has 0 saturated carbocycles. The van der Waals surface area contributed by atoms with Crippen molar-refractivity contribution in [1.82, 2.24) is 4.90 Å². The number of nitrogens with zero attached hydrogens (tertiary/aromatic N) is 1. The summed E-state index contributed by atoms with van der Waals surface area (Å²) in [6.45, 7) is 1.72. The highest BCUT2D eigenvalue weighted by Gasteiger charge is 2.18. The van der Waals surface area contributed by atoms with Gasteiger partial charge in [0.05, 0.1) is 11.6 Å². The number of benzene rings is 2. The number of nitrogens with one attached hydrogen (secondary N) is 1. The Bertz CT molecular complexity index is 718. The van der Waals surface area contributed by atoms with Crippen LogP contribution in [0.2, 0.25) is 0 Å². The molecular weight excluding hydrogens is 348 g/mol. The first-order valence-electron chi connectivity index (χ1n) is 6.82. The van der Waals surface area contributed by atoms with Crippen molar-refractivity contribution < 1.29 is 14.7 Å². The highest BCUT2D eigenvalue weighted by atomic mass is 79.9. The van der Waals surface area contributed by atoms with Crippen molar-refractivity contribution >= 4 is 44.4 Å². The number of carboxylic acid groups (broad SMARTS) is 1. The number of carbonyl (C=O) groups is 2. The van der Waals surface area contributed by atoms with E-state index in [4.69, 9.17) is 5.11 Å². The summed E-state index contributed by atoms with van der Waals surface area (Å²) in [4.78, 5) is 24.4. The molecular formula is C16H17BrN2O3. The number of anilines is 1. The van der Waals surface area contributed by atoms with Crippen LogP contribution in [0.5, 0.6) is 0 Å². The van der Waals surface area contributed by atoms with Gasteiger partial charge in [0.25, 0.3) is 0 Å². The summed E-state index contributed by atoms with van der Waals surface area (Å²) >= 11 is 3.49. The van der Waals surface area contributed by atoms with E-state index in [1.807, 2.05) is 36.4 Å². The lowest BCUT2D eigenvalue weighted by Gasteiger charge is -2.20. The largest absolute Gasteiger partial charge is 0.481 e. The van der Waals surface area contributed by atoms with Crippen LogP contribution in [0.15, 0.2) is 40.9 Å². The molecule has 1 atom stereocenters. The zero-order chi connectivity index (χ0) is 16.3. The summed E-state index contributed by atoms with van der Waals surface area (Å²) in [7, 11) is 1.58. The van der Waals surface area contributed by atoms with E-state index < -0.39 is 11.9 Å². The van der Waals surface area contributed by atoms with E-state index in [0.29, 0.717) is 5.69 Å². The summed E-state index contributed by atoms with van der Waals surface area (Å²) in [5.41, 5.74) is 0.693. The van der Waals surface area contributed by atoms with Gasteiger partial charge in [-0.05, 0) is 17.5 Å². The second-order valence-electron chi connectivity index (χ2n) is 5.19. The SMILES string of the molecule is CC(CN(C)C(=O)Nc1ccc(Br)c2ccccc12)C(=O)O. The van der Waals surface area contributed by atoms with Crippen molar-refractivity contribution in [2.45, 2.75) is 6.92 Å². The molecule has 0 saturated heterocycles. The van der Waals surface area contributed by atoms with E-state index in [-0.39, 0.29) is 12.6 Å². The highest BCUT2D eigenvalue weighted by molar-refractivity contribution is 9.10. The molecule has 0 aliphatic rings. The molecule has 116 valence electrons. The lowest BCUT2D eigenvalue weighted by Crippen LogP contribution is -2.36. The maximum atomic E-state index is 12.2. The monoisotopic (exact) mass is 364 g/mol. The van der Waals surface area contributed by atoms with Crippen molar-refractivity contribution in [3.63, 3.8) is 0 Å². The van der Waals surface area contributed by atoms with Gasteiger partial charge in [0, 0.05) is 23.5 Å². The number of aliphatic carboxylic acids is 1. The standard InChI is InChI=1S/C16H17BrN2O3/c1-10(15(20)21)9-19(2)16(22)18-14-8-7-13(17)11-5-3-4-6-12(11)14/h3-8,10H,9H2,1-2H3,(H,18,22)(H,20,21). The predicted octanol–water partition coefficient (Wildman–Crippen LogP) is 3.79. The van der Waals surface area contributed by atoms with Crippen molar-refractivity contribution in [2.24, 2.45) is 5.92 Å². The number of fused-ring (bicyclic) bond motifs is 1. The van der Waals surface area contributed by atoms with Crippen LogP contribution in [0.1, 0.15) is 6.92 Å². The molecule has 0 aliphatic carbocycles. The van der Waals surface area contributed by atoms with Crippen LogP contribution in [0.4, 0.5) is 10.5 Å². The number of rotatable bonds is 4. The number of amides is 2. The fraction of sp³-hybridized carbons (Fsp3) is 0.250. The maximum absolute atomic E-state index is 12.2. The van der Waals surface area contributed by atoms with Crippen LogP contribution < -0.4 is 5.32 Å². The van der Waals surface area contributed by atoms with Crippen molar-refractivity contribution in [3.8, 4) is 0 Å². The normalized spacial score (nSPS) is 12.0. The Balaban J connectivity index is 2.19. The Labute approximate surface area is 137 Å². The molecule has 2 aromatic rings.